The number of carbonyl (C=O) groups is 1. The number of ether oxygens (including phenoxy) is 1. The molecular formula is C13H18BrNO3. The molecule has 0 aliphatic rings. The zero-order valence-corrected chi connectivity index (χ0v) is 12.2. The fraction of sp³-hybridized carbons (Fsp3) is 0.462. The lowest BCUT2D eigenvalue weighted by Gasteiger charge is -2.16. The van der Waals surface area contributed by atoms with Gasteiger partial charge in [-0.15, -0.1) is 0 Å². The summed E-state index contributed by atoms with van der Waals surface area (Å²) < 4.78 is 5.85. The van der Waals surface area contributed by atoms with Gasteiger partial charge in [0.15, 0.2) is 0 Å². The number of halogens is 1. The third-order valence-electron chi connectivity index (χ3n) is 2.72. The molecule has 1 aromatic carbocycles. The van der Waals surface area contributed by atoms with Crippen molar-refractivity contribution in [2.45, 2.75) is 25.8 Å². The Morgan fingerprint density at radius 3 is 2.78 bits per heavy atom. The first kappa shape index (κ1) is 15.0. The Balaban J connectivity index is 2.74. The molecule has 0 fully saturated rings. The van der Waals surface area contributed by atoms with E-state index < -0.39 is 0 Å². The molecule has 5 heteroatoms. The van der Waals surface area contributed by atoms with Gasteiger partial charge in [0.2, 0.25) is 0 Å². The van der Waals surface area contributed by atoms with Crippen LogP contribution in [0, 0.1) is 0 Å². The van der Waals surface area contributed by atoms with Crippen molar-refractivity contribution in [1.29, 1.82) is 0 Å². The molecule has 1 aromatic rings. The van der Waals surface area contributed by atoms with E-state index in [-0.39, 0.29) is 18.6 Å². The molecule has 1 rings (SSSR count). The highest BCUT2D eigenvalue weighted by molar-refractivity contribution is 9.10. The number of benzene rings is 1. The smallest absolute Gasteiger partial charge is 0.251 e. The number of hydrogen-bond acceptors (Lipinski definition) is 3. The van der Waals surface area contributed by atoms with E-state index in [1.165, 1.54) is 0 Å². The van der Waals surface area contributed by atoms with E-state index in [0.29, 0.717) is 17.7 Å². The molecule has 0 saturated carbocycles. The zero-order chi connectivity index (χ0) is 13.5. The summed E-state index contributed by atoms with van der Waals surface area (Å²) in [7, 11) is 1.58. The summed E-state index contributed by atoms with van der Waals surface area (Å²) in [6, 6.07) is 5.18. The van der Waals surface area contributed by atoms with Crippen molar-refractivity contribution in [3.63, 3.8) is 0 Å². The van der Waals surface area contributed by atoms with Crippen LogP contribution in [-0.4, -0.2) is 30.8 Å². The fourth-order valence-electron chi connectivity index (χ4n) is 1.61. The van der Waals surface area contributed by atoms with Gasteiger partial charge in [0.25, 0.3) is 5.91 Å². The number of nitrogens with one attached hydrogen (secondary N) is 1. The van der Waals surface area contributed by atoms with Crippen molar-refractivity contribution >= 4 is 21.8 Å². The number of methoxy groups -OCH3 is 1. The van der Waals surface area contributed by atoms with Gasteiger partial charge in [-0.25, -0.2) is 0 Å². The minimum absolute atomic E-state index is 0.00313. The second-order valence-corrected chi connectivity index (χ2v) is 4.79. The Labute approximate surface area is 115 Å². The molecule has 1 unspecified atom stereocenters. The predicted octanol–water partition coefficient (Wildman–Crippen LogP) is 2.35. The lowest BCUT2D eigenvalue weighted by atomic mass is 10.1. The molecule has 0 spiro atoms. The topological polar surface area (TPSA) is 58.6 Å². The average Bonchev–Trinajstić information content (AvgIpc) is 2.37. The lowest BCUT2D eigenvalue weighted by Crippen LogP contribution is -2.35. The van der Waals surface area contributed by atoms with Crippen LogP contribution in [0.15, 0.2) is 22.7 Å². The van der Waals surface area contributed by atoms with Gasteiger partial charge in [-0.05, 0) is 47.0 Å². The summed E-state index contributed by atoms with van der Waals surface area (Å²) in [5.74, 6) is 0.549. The molecule has 1 atom stereocenters. The maximum Gasteiger partial charge on any atom is 0.251 e. The van der Waals surface area contributed by atoms with Crippen LogP contribution in [-0.2, 0) is 0 Å². The molecule has 0 radical (unpaired) electrons. The maximum absolute atomic E-state index is 12.0. The molecule has 1 amide bonds. The fourth-order valence-corrected chi connectivity index (χ4v) is 2.15. The number of carbonyl (C=O) groups excluding carboxylic acids is 1. The first-order chi connectivity index (χ1) is 8.62. The Hall–Kier alpha value is -1.07. The quantitative estimate of drug-likeness (QED) is 0.847. The second-order valence-electron chi connectivity index (χ2n) is 3.94. The van der Waals surface area contributed by atoms with Crippen LogP contribution in [0.5, 0.6) is 5.75 Å². The summed E-state index contributed by atoms with van der Waals surface area (Å²) in [4.78, 5) is 12.0. The normalized spacial score (nSPS) is 12.0. The van der Waals surface area contributed by atoms with Crippen molar-refractivity contribution < 1.29 is 14.6 Å². The van der Waals surface area contributed by atoms with E-state index in [1.54, 1.807) is 25.3 Å². The summed E-state index contributed by atoms with van der Waals surface area (Å²) in [6.45, 7) is 2.05. The number of amides is 1. The van der Waals surface area contributed by atoms with Gasteiger partial charge in [0.1, 0.15) is 5.75 Å². The molecule has 0 aliphatic carbocycles. The molecule has 0 aromatic heterocycles. The van der Waals surface area contributed by atoms with Crippen LogP contribution in [0.3, 0.4) is 0 Å². The van der Waals surface area contributed by atoms with Gasteiger partial charge < -0.3 is 15.2 Å². The van der Waals surface area contributed by atoms with Crippen LogP contribution in [0.2, 0.25) is 0 Å². The van der Waals surface area contributed by atoms with E-state index in [1.807, 2.05) is 6.92 Å². The van der Waals surface area contributed by atoms with Crippen LogP contribution in [0.1, 0.15) is 30.1 Å². The molecule has 0 bridgehead atoms. The van der Waals surface area contributed by atoms with E-state index in [2.05, 4.69) is 21.2 Å². The van der Waals surface area contributed by atoms with Crippen LogP contribution >= 0.6 is 15.9 Å². The summed E-state index contributed by atoms with van der Waals surface area (Å²) >= 11 is 3.34. The van der Waals surface area contributed by atoms with Gasteiger partial charge >= 0.3 is 0 Å². The number of aliphatic hydroxyl groups excluding tert-OH is 1. The molecule has 0 saturated heterocycles. The monoisotopic (exact) mass is 315 g/mol. The van der Waals surface area contributed by atoms with Crippen molar-refractivity contribution in [1.82, 2.24) is 5.32 Å². The predicted molar refractivity (Wildman–Crippen MR) is 73.9 cm³/mol. The second kappa shape index (κ2) is 7.38. The summed E-state index contributed by atoms with van der Waals surface area (Å²) in [5.41, 5.74) is 0.569. The molecule has 18 heavy (non-hydrogen) atoms. The first-order valence-electron chi connectivity index (χ1n) is 5.87. The number of hydrogen-bond donors (Lipinski definition) is 2. The third kappa shape index (κ3) is 3.99. The first-order valence-corrected chi connectivity index (χ1v) is 6.67. The minimum Gasteiger partial charge on any atom is -0.496 e. The Kier molecular flexibility index (Phi) is 6.15. The number of rotatable bonds is 6. The summed E-state index contributed by atoms with van der Waals surface area (Å²) in [5, 5.41) is 11.8. The molecule has 2 N–H and O–H groups in total. The summed E-state index contributed by atoms with van der Waals surface area (Å²) in [6.07, 6.45) is 1.36. The van der Waals surface area contributed by atoms with E-state index in [9.17, 15) is 4.79 Å². The average molecular weight is 316 g/mol. The highest BCUT2D eigenvalue weighted by Crippen LogP contribution is 2.25. The minimum atomic E-state index is -0.140. The molecule has 0 heterocycles. The van der Waals surface area contributed by atoms with Gasteiger partial charge in [0.05, 0.1) is 11.6 Å². The zero-order valence-electron chi connectivity index (χ0n) is 10.6. The van der Waals surface area contributed by atoms with E-state index >= 15 is 0 Å². The largest absolute Gasteiger partial charge is 0.496 e. The maximum atomic E-state index is 12.0. The highest BCUT2D eigenvalue weighted by Gasteiger charge is 2.13. The van der Waals surface area contributed by atoms with Gasteiger partial charge in [0, 0.05) is 18.2 Å². The van der Waals surface area contributed by atoms with Crippen LogP contribution < -0.4 is 10.1 Å². The molecule has 100 valence electrons. The Bertz CT molecular complexity index is 409. The molecular weight excluding hydrogens is 298 g/mol. The van der Waals surface area contributed by atoms with Gasteiger partial charge in [-0.3, -0.25) is 4.79 Å². The molecule has 0 aliphatic heterocycles. The SMILES string of the molecule is CCC(CCO)NC(=O)c1ccc(OC)c(Br)c1. The van der Waals surface area contributed by atoms with Crippen molar-refractivity contribution in [2.24, 2.45) is 0 Å². The third-order valence-corrected chi connectivity index (χ3v) is 3.34. The Morgan fingerprint density at radius 2 is 2.28 bits per heavy atom. The van der Waals surface area contributed by atoms with Crippen molar-refractivity contribution in [3.05, 3.63) is 28.2 Å². The lowest BCUT2D eigenvalue weighted by molar-refractivity contribution is 0.0929. The number of aliphatic hydroxyl groups is 1. The van der Waals surface area contributed by atoms with Crippen molar-refractivity contribution in [3.8, 4) is 5.75 Å². The van der Waals surface area contributed by atoms with Crippen molar-refractivity contribution in [2.75, 3.05) is 13.7 Å². The molecule has 4 nitrogen and oxygen atoms in total. The highest BCUT2D eigenvalue weighted by atomic mass is 79.9. The van der Waals surface area contributed by atoms with E-state index in [0.717, 1.165) is 10.9 Å². The van der Waals surface area contributed by atoms with E-state index in [4.69, 9.17) is 9.84 Å². The Morgan fingerprint density at radius 1 is 1.56 bits per heavy atom. The van der Waals surface area contributed by atoms with Crippen LogP contribution in [0.4, 0.5) is 0 Å². The standard InChI is InChI=1S/C13H18BrNO3/c1-3-10(6-7-16)15-13(17)9-4-5-12(18-2)11(14)8-9/h4-5,8,10,16H,3,6-7H2,1-2H3,(H,15,17). The van der Waals surface area contributed by atoms with Gasteiger partial charge in [-0.2, -0.15) is 0 Å². The van der Waals surface area contributed by atoms with Gasteiger partial charge in [-0.1, -0.05) is 6.92 Å². The van der Waals surface area contributed by atoms with Crippen LogP contribution in [0.25, 0.3) is 0 Å².